The Morgan fingerprint density at radius 2 is 1.74 bits per heavy atom. The smallest absolute Gasteiger partial charge is 0.411 e. The standard InChI is InChI=1S/C16H14F2N2O3/c1-2-23-16(22)20-11-5-3-4-10(8-11)15(21)19-12-6-7-13(17)14(18)9-12/h3-9H,2H2,1H3,(H,19,21)(H,20,22). The SMILES string of the molecule is CCOC(=O)Nc1cccc(C(=O)Nc2ccc(F)c(F)c2)c1. The molecule has 120 valence electrons. The zero-order chi connectivity index (χ0) is 16.8. The lowest BCUT2D eigenvalue weighted by atomic mass is 10.2. The van der Waals surface area contributed by atoms with E-state index in [1.165, 1.54) is 18.2 Å². The highest BCUT2D eigenvalue weighted by atomic mass is 19.2. The number of ether oxygens (including phenoxy) is 1. The molecular formula is C16H14F2N2O3. The number of benzene rings is 2. The van der Waals surface area contributed by atoms with Crippen LogP contribution in [-0.2, 0) is 4.74 Å². The van der Waals surface area contributed by atoms with Gasteiger partial charge in [-0.3, -0.25) is 10.1 Å². The zero-order valence-corrected chi connectivity index (χ0v) is 12.2. The molecule has 23 heavy (non-hydrogen) atoms. The van der Waals surface area contributed by atoms with Crippen LogP contribution < -0.4 is 10.6 Å². The lowest BCUT2D eigenvalue weighted by molar-refractivity contribution is 0.102. The molecule has 2 amide bonds. The molecule has 2 N–H and O–H groups in total. The summed E-state index contributed by atoms with van der Waals surface area (Å²) in [7, 11) is 0. The third kappa shape index (κ3) is 4.50. The number of rotatable bonds is 4. The summed E-state index contributed by atoms with van der Waals surface area (Å²) in [4.78, 5) is 23.4. The van der Waals surface area contributed by atoms with Crippen LogP contribution in [0.2, 0.25) is 0 Å². The number of anilines is 2. The molecule has 0 heterocycles. The van der Waals surface area contributed by atoms with E-state index in [2.05, 4.69) is 10.6 Å². The molecule has 2 aromatic carbocycles. The van der Waals surface area contributed by atoms with Crippen LogP contribution >= 0.6 is 0 Å². The minimum absolute atomic E-state index is 0.123. The molecule has 0 spiro atoms. The van der Waals surface area contributed by atoms with Crippen LogP contribution in [0.25, 0.3) is 0 Å². The molecule has 0 aromatic heterocycles. The number of hydrogen-bond acceptors (Lipinski definition) is 3. The molecular weight excluding hydrogens is 306 g/mol. The van der Waals surface area contributed by atoms with Crippen molar-refractivity contribution in [2.75, 3.05) is 17.2 Å². The van der Waals surface area contributed by atoms with E-state index < -0.39 is 23.6 Å². The van der Waals surface area contributed by atoms with Crippen molar-refractivity contribution in [2.45, 2.75) is 6.92 Å². The van der Waals surface area contributed by atoms with Crippen LogP contribution in [0.3, 0.4) is 0 Å². The normalized spacial score (nSPS) is 10.0. The van der Waals surface area contributed by atoms with Gasteiger partial charge >= 0.3 is 6.09 Å². The second kappa shape index (κ2) is 7.35. The summed E-state index contributed by atoms with van der Waals surface area (Å²) in [6, 6.07) is 9.17. The molecule has 2 rings (SSSR count). The summed E-state index contributed by atoms with van der Waals surface area (Å²) in [6.45, 7) is 1.90. The quantitative estimate of drug-likeness (QED) is 0.901. The first-order valence-corrected chi connectivity index (χ1v) is 6.80. The number of halogens is 2. The monoisotopic (exact) mass is 320 g/mol. The molecule has 0 aliphatic heterocycles. The molecule has 0 radical (unpaired) electrons. The average molecular weight is 320 g/mol. The van der Waals surface area contributed by atoms with Crippen molar-refractivity contribution < 1.29 is 23.1 Å². The fourth-order valence-corrected chi connectivity index (χ4v) is 1.80. The topological polar surface area (TPSA) is 67.4 Å². The Morgan fingerprint density at radius 3 is 2.43 bits per heavy atom. The lowest BCUT2D eigenvalue weighted by Gasteiger charge is -2.08. The Balaban J connectivity index is 2.10. The maximum atomic E-state index is 13.1. The van der Waals surface area contributed by atoms with Gasteiger partial charge in [0.2, 0.25) is 0 Å². The van der Waals surface area contributed by atoms with Gasteiger partial charge in [0.25, 0.3) is 5.91 Å². The van der Waals surface area contributed by atoms with Gasteiger partial charge in [-0.15, -0.1) is 0 Å². The van der Waals surface area contributed by atoms with Crippen molar-refractivity contribution in [3.8, 4) is 0 Å². The largest absolute Gasteiger partial charge is 0.450 e. The van der Waals surface area contributed by atoms with Gasteiger partial charge in [0, 0.05) is 23.0 Å². The van der Waals surface area contributed by atoms with E-state index in [1.54, 1.807) is 19.1 Å². The van der Waals surface area contributed by atoms with Gasteiger partial charge in [0.15, 0.2) is 11.6 Å². The molecule has 0 saturated heterocycles. The molecule has 0 aliphatic rings. The van der Waals surface area contributed by atoms with E-state index in [-0.39, 0.29) is 17.9 Å². The van der Waals surface area contributed by atoms with Gasteiger partial charge < -0.3 is 10.1 Å². The second-order valence-corrected chi connectivity index (χ2v) is 4.51. The van der Waals surface area contributed by atoms with E-state index in [1.807, 2.05) is 0 Å². The number of carbonyl (C=O) groups excluding carboxylic acids is 2. The van der Waals surface area contributed by atoms with Crippen molar-refractivity contribution >= 4 is 23.4 Å². The number of hydrogen-bond donors (Lipinski definition) is 2. The highest BCUT2D eigenvalue weighted by Crippen LogP contribution is 2.16. The van der Waals surface area contributed by atoms with Gasteiger partial charge in [0.05, 0.1) is 6.61 Å². The Labute approximate surface area is 131 Å². The molecule has 0 atom stereocenters. The van der Waals surface area contributed by atoms with Gasteiger partial charge in [-0.05, 0) is 37.3 Å². The summed E-state index contributed by atoms with van der Waals surface area (Å²) in [5, 5.41) is 4.91. The molecule has 7 heteroatoms. The van der Waals surface area contributed by atoms with Crippen LogP contribution in [0, 0.1) is 11.6 Å². The van der Waals surface area contributed by atoms with Crippen molar-refractivity contribution in [1.29, 1.82) is 0 Å². The van der Waals surface area contributed by atoms with Crippen molar-refractivity contribution in [3.63, 3.8) is 0 Å². The lowest BCUT2D eigenvalue weighted by Crippen LogP contribution is -2.15. The highest BCUT2D eigenvalue weighted by Gasteiger charge is 2.10. The van der Waals surface area contributed by atoms with E-state index in [0.29, 0.717) is 5.69 Å². The maximum Gasteiger partial charge on any atom is 0.411 e. The molecule has 0 fully saturated rings. The van der Waals surface area contributed by atoms with Crippen LogP contribution in [0.5, 0.6) is 0 Å². The minimum Gasteiger partial charge on any atom is -0.450 e. The van der Waals surface area contributed by atoms with Crippen LogP contribution in [0.4, 0.5) is 25.0 Å². The van der Waals surface area contributed by atoms with Gasteiger partial charge in [0.1, 0.15) is 0 Å². The van der Waals surface area contributed by atoms with Crippen LogP contribution in [0.1, 0.15) is 17.3 Å². The summed E-state index contributed by atoms with van der Waals surface area (Å²) in [5.41, 5.74) is 0.739. The van der Waals surface area contributed by atoms with Gasteiger partial charge in [-0.2, -0.15) is 0 Å². The predicted octanol–water partition coefficient (Wildman–Crippen LogP) is 3.79. The maximum absolute atomic E-state index is 13.1. The van der Waals surface area contributed by atoms with Crippen molar-refractivity contribution in [1.82, 2.24) is 0 Å². The van der Waals surface area contributed by atoms with Gasteiger partial charge in [-0.1, -0.05) is 6.07 Å². The molecule has 0 bridgehead atoms. The average Bonchev–Trinajstić information content (AvgIpc) is 2.51. The second-order valence-electron chi connectivity index (χ2n) is 4.51. The number of nitrogens with one attached hydrogen (secondary N) is 2. The minimum atomic E-state index is -1.06. The summed E-state index contributed by atoms with van der Waals surface area (Å²) >= 11 is 0. The zero-order valence-electron chi connectivity index (χ0n) is 12.2. The number of amides is 2. The Kier molecular flexibility index (Phi) is 5.24. The van der Waals surface area contributed by atoms with Crippen LogP contribution in [-0.4, -0.2) is 18.6 Å². The fraction of sp³-hybridized carbons (Fsp3) is 0.125. The van der Waals surface area contributed by atoms with E-state index in [0.717, 1.165) is 12.1 Å². The van der Waals surface area contributed by atoms with Crippen LogP contribution in [0.15, 0.2) is 42.5 Å². The molecule has 0 aliphatic carbocycles. The first-order valence-electron chi connectivity index (χ1n) is 6.80. The van der Waals surface area contributed by atoms with E-state index in [9.17, 15) is 18.4 Å². The Bertz CT molecular complexity index is 735. The van der Waals surface area contributed by atoms with Crippen molar-refractivity contribution in [2.24, 2.45) is 0 Å². The first-order chi connectivity index (χ1) is 11.0. The number of carbonyl (C=O) groups is 2. The summed E-state index contributed by atoms with van der Waals surface area (Å²) < 4.78 is 30.7. The van der Waals surface area contributed by atoms with Gasteiger partial charge in [-0.25, -0.2) is 13.6 Å². The van der Waals surface area contributed by atoms with Crippen molar-refractivity contribution in [3.05, 3.63) is 59.7 Å². The third-order valence-electron chi connectivity index (χ3n) is 2.82. The fourth-order valence-electron chi connectivity index (χ4n) is 1.80. The molecule has 2 aromatic rings. The third-order valence-corrected chi connectivity index (χ3v) is 2.82. The predicted molar refractivity (Wildman–Crippen MR) is 81.4 cm³/mol. The highest BCUT2D eigenvalue weighted by molar-refractivity contribution is 6.05. The molecule has 0 unspecified atom stereocenters. The summed E-state index contributed by atoms with van der Waals surface area (Å²) in [5.74, 6) is -2.58. The molecule has 0 saturated carbocycles. The Morgan fingerprint density at radius 1 is 1.00 bits per heavy atom. The molecule has 5 nitrogen and oxygen atoms in total. The van der Waals surface area contributed by atoms with E-state index in [4.69, 9.17) is 4.74 Å². The van der Waals surface area contributed by atoms with E-state index >= 15 is 0 Å². The first kappa shape index (κ1) is 16.4. The Hall–Kier alpha value is -2.96. The summed E-state index contributed by atoms with van der Waals surface area (Å²) in [6.07, 6.45) is -0.634.